The Labute approximate surface area is 250 Å². The standard InChI is InChI=1S/C30H38N8O3S/c1-4-25(39)38-10-7-19(8-11-38)40-20-16-22(33-24(17-20)37-14-12-36(3)13-15-37)28-34-29(41-35-28)30(2)9-5-6-23-26(30)21(18-31)27(32)42-23/h4,16-17,19,25,39H,1,5-15,32H2,2-3H3. The molecule has 3 aliphatic rings. The number of aromatic nitrogens is 3. The third kappa shape index (κ3) is 5.38. The smallest absolute Gasteiger partial charge is 0.237 e. The maximum atomic E-state index is 10.1. The number of nitrogens with zero attached hydrogens (tertiary/aromatic N) is 7. The van der Waals surface area contributed by atoms with E-state index >= 15 is 0 Å². The highest BCUT2D eigenvalue weighted by Crippen LogP contribution is 2.48. The maximum Gasteiger partial charge on any atom is 0.237 e. The van der Waals surface area contributed by atoms with E-state index in [4.69, 9.17) is 25.0 Å². The summed E-state index contributed by atoms with van der Waals surface area (Å²) in [4.78, 5) is 17.5. The molecule has 2 atom stereocenters. The maximum absolute atomic E-state index is 10.1. The molecule has 2 saturated heterocycles. The molecule has 12 heteroatoms. The number of rotatable bonds is 7. The number of thiophene rings is 1. The average molecular weight is 591 g/mol. The number of fused-ring (bicyclic) bond motifs is 1. The van der Waals surface area contributed by atoms with Gasteiger partial charge in [0.1, 0.15) is 40.7 Å². The Hall–Kier alpha value is -3.50. The summed E-state index contributed by atoms with van der Waals surface area (Å²) < 4.78 is 12.4. The highest BCUT2D eigenvalue weighted by Gasteiger charge is 2.43. The normalized spacial score (nSPS) is 22.9. The number of likely N-dealkylation sites (tertiary alicyclic amines) is 1. The van der Waals surface area contributed by atoms with Crippen LogP contribution in [0.4, 0.5) is 10.8 Å². The number of nitrogens with two attached hydrogens (primary N) is 1. The molecular weight excluding hydrogens is 552 g/mol. The number of ether oxygens (including phenoxy) is 1. The molecule has 2 fully saturated rings. The van der Waals surface area contributed by atoms with Crippen LogP contribution in [0.15, 0.2) is 29.3 Å². The molecule has 0 aromatic carbocycles. The van der Waals surface area contributed by atoms with Gasteiger partial charge in [0, 0.05) is 61.8 Å². The molecule has 0 bridgehead atoms. The second kappa shape index (κ2) is 11.6. The van der Waals surface area contributed by atoms with Gasteiger partial charge in [-0.2, -0.15) is 10.2 Å². The van der Waals surface area contributed by atoms with Crippen LogP contribution in [0.2, 0.25) is 0 Å². The minimum absolute atomic E-state index is 0.0164. The summed E-state index contributed by atoms with van der Waals surface area (Å²) in [5.74, 6) is 2.40. The van der Waals surface area contributed by atoms with Crippen LogP contribution in [-0.4, -0.2) is 88.7 Å². The van der Waals surface area contributed by atoms with Gasteiger partial charge in [-0.05, 0) is 52.2 Å². The molecule has 2 aliphatic heterocycles. The van der Waals surface area contributed by atoms with E-state index in [0.717, 1.165) is 87.6 Å². The van der Waals surface area contributed by atoms with Gasteiger partial charge in [0.15, 0.2) is 0 Å². The zero-order valence-electron chi connectivity index (χ0n) is 24.3. The van der Waals surface area contributed by atoms with Crippen LogP contribution in [0.5, 0.6) is 5.75 Å². The number of hydrogen-bond donors (Lipinski definition) is 2. The topological polar surface area (TPSA) is 141 Å². The van der Waals surface area contributed by atoms with E-state index < -0.39 is 11.6 Å². The van der Waals surface area contributed by atoms with E-state index in [0.29, 0.717) is 33.7 Å². The fourth-order valence-corrected chi connectivity index (χ4v) is 7.52. The average Bonchev–Trinajstić information content (AvgIpc) is 3.63. The van der Waals surface area contributed by atoms with Gasteiger partial charge in [0.25, 0.3) is 0 Å². The number of nitriles is 1. The molecule has 0 saturated carbocycles. The summed E-state index contributed by atoms with van der Waals surface area (Å²) in [5, 5.41) is 24.9. The number of piperidine rings is 1. The first-order chi connectivity index (χ1) is 20.3. The lowest BCUT2D eigenvalue weighted by Gasteiger charge is -2.35. The number of aliphatic hydroxyl groups is 1. The number of piperazine rings is 1. The summed E-state index contributed by atoms with van der Waals surface area (Å²) in [6.45, 7) is 10.8. The molecule has 2 unspecified atom stereocenters. The van der Waals surface area contributed by atoms with Gasteiger partial charge in [0.2, 0.25) is 11.7 Å². The van der Waals surface area contributed by atoms with Gasteiger partial charge in [-0.1, -0.05) is 11.7 Å². The predicted molar refractivity (Wildman–Crippen MR) is 162 cm³/mol. The van der Waals surface area contributed by atoms with Crippen molar-refractivity contribution in [3.8, 4) is 23.3 Å². The largest absolute Gasteiger partial charge is 0.490 e. The molecule has 0 amide bonds. The second-order valence-corrected chi connectivity index (χ2v) is 12.8. The molecule has 3 N–H and O–H groups in total. The number of aliphatic hydroxyl groups excluding tert-OH is 1. The lowest BCUT2D eigenvalue weighted by molar-refractivity contribution is 0.000901. The molecule has 0 spiro atoms. The van der Waals surface area contributed by atoms with E-state index in [1.807, 2.05) is 17.0 Å². The van der Waals surface area contributed by atoms with Crippen molar-refractivity contribution in [2.24, 2.45) is 0 Å². The summed E-state index contributed by atoms with van der Waals surface area (Å²) in [6, 6.07) is 6.20. The summed E-state index contributed by atoms with van der Waals surface area (Å²) >= 11 is 1.49. The number of hydrogen-bond acceptors (Lipinski definition) is 12. The third-order valence-electron chi connectivity index (χ3n) is 8.86. The first kappa shape index (κ1) is 28.6. The highest BCUT2D eigenvalue weighted by atomic mass is 32.1. The molecule has 5 heterocycles. The summed E-state index contributed by atoms with van der Waals surface area (Å²) in [5.41, 5.74) is 7.65. The van der Waals surface area contributed by atoms with Crippen molar-refractivity contribution >= 4 is 22.2 Å². The third-order valence-corrected chi connectivity index (χ3v) is 9.94. The molecule has 222 valence electrons. The molecule has 3 aromatic heterocycles. The van der Waals surface area contributed by atoms with Crippen LogP contribution in [0.25, 0.3) is 11.5 Å². The van der Waals surface area contributed by atoms with Crippen LogP contribution < -0.4 is 15.4 Å². The van der Waals surface area contributed by atoms with Crippen molar-refractivity contribution in [3.63, 3.8) is 0 Å². The van der Waals surface area contributed by atoms with Crippen molar-refractivity contribution in [2.45, 2.75) is 56.8 Å². The molecule has 6 rings (SSSR count). The van der Waals surface area contributed by atoms with Crippen LogP contribution in [0.1, 0.15) is 54.5 Å². The van der Waals surface area contributed by atoms with Crippen LogP contribution >= 0.6 is 11.3 Å². The van der Waals surface area contributed by atoms with Crippen LogP contribution in [0.3, 0.4) is 0 Å². The Morgan fingerprint density at radius 2 is 2.00 bits per heavy atom. The molecule has 42 heavy (non-hydrogen) atoms. The Morgan fingerprint density at radius 1 is 1.24 bits per heavy atom. The van der Waals surface area contributed by atoms with E-state index in [2.05, 4.69) is 41.6 Å². The van der Waals surface area contributed by atoms with Crippen molar-refractivity contribution in [3.05, 3.63) is 46.7 Å². The number of aryl methyl sites for hydroxylation is 1. The Balaban J connectivity index is 1.31. The second-order valence-electron chi connectivity index (χ2n) is 11.7. The van der Waals surface area contributed by atoms with Gasteiger partial charge in [0.05, 0.1) is 11.0 Å². The van der Waals surface area contributed by atoms with Gasteiger partial charge >= 0.3 is 0 Å². The van der Waals surface area contributed by atoms with Crippen molar-refractivity contribution < 1.29 is 14.4 Å². The van der Waals surface area contributed by atoms with Crippen LogP contribution in [-0.2, 0) is 11.8 Å². The predicted octanol–water partition coefficient (Wildman–Crippen LogP) is 3.39. The van der Waals surface area contributed by atoms with Gasteiger partial charge in [-0.25, -0.2) is 4.98 Å². The minimum atomic E-state index is -0.633. The van der Waals surface area contributed by atoms with E-state index in [-0.39, 0.29) is 6.10 Å². The Kier molecular flexibility index (Phi) is 7.93. The molecule has 0 radical (unpaired) electrons. The Bertz CT molecular complexity index is 1480. The van der Waals surface area contributed by atoms with Crippen molar-refractivity contribution in [1.29, 1.82) is 5.26 Å². The van der Waals surface area contributed by atoms with Crippen LogP contribution in [0, 0.1) is 11.3 Å². The molecule has 3 aromatic rings. The highest BCUT2D eigenvalue weighted by molar-refractivity contribution is 7.16. The lowest BCUT2D eigenvalue weighted by Crippen LogP contribution is -2.45. The monoisotopic (exact) mass is 590 g/mol. The summed E-state index contributed by atoms with van der Waals surface area (Å²) in [7, 11) is 2.13. The first-order valence-corrected chi connectivity index (χ1v) is 15.4. The van der Waals surface area contributed by atoms with E-state index in [1.165, 1.54) is 11.3 Å². The fourth-order valence-electron chi connectivity index (χ4n) is 6.33. The van der Waals surface area contributed by atoms with E-state index in [9.17, 15) is 10.4 Å². The van der Waals surface area contributed by atoms with Crippen molar-refractivity contribution in [2.75, 3.05) is 56.9 Å². The number of anilines is 2. The fraction of sp³-hybridized carbons (Fsp3) is 0.533. The number of nitrogen functional groups attached to an aromatic ring is 1. The molecular formula is C30H38N8O3S. The zero-order chi connectivity index (χ0) is 29.4. The minimum Gasteiger partial charge on any atom is -0.490 e. The quantitative estimate of drug-likeness (QED) is 0.391. The van der Waals surface area contributed by atoms with Gasteiger partial charge in [-0.3, -0.25) is 4.90 Å². The number of likely N-dealkylation sites (N-methyl/N-ethyl adjacent to an activating group) is 1. The van der Waals surface area contributed by atoms with E-state index in [1.54, 1.807) is 6.08 Å². The SMILES string of the molecule is C=CC(O)N1CCC(Oc2cc(-c3noc(C4(C)CCCc5sc(N)c(C#N)c54)n3)nc(N3CCN(C)CC3)c2)CC1. The number of pyridine rings is 1. The Morgan fingerprint density at radius 3 is 2.71 bits per heavy atom. The molecule has 1 aliphatic carbocycles. The lowest BCUT2D eigenvalue weighted by atomic mass is 9.72. The first-order valence-electron chi connectivity index (χ1n) is 14.6. The van der Waals surface area contributed by atoms with Crippen molar-refractivity contribution in [1.82, 2.24) is 24.9 Å². The van der Waals surface area contributed by atoms with Gasteiger partial charge in [-0.15, -0.1) is 11.3 Å². The summed E-state index contributed by atoms with van der Waals surface area (Å²) in [6.07, 6.45) is 5.16. The molecule has 11 nitrogen and oxygen atoms in total. The zero-order valence-corrected chi connectivity index (χ0v) is 25.1. The van der Waals surface area contributed by atoms with Gasteiger partial charge < -0.3 is 29.9 Å².